The molecule has 0 aliphatic heterocycles. The monoisotopic (exact) mass is 451 g/mol. The number of anilines is 1. The quantitative estimate of drug-likeness (QED) is 0.399. The molecule has 32 heavy (non-hydrogen) atoms. The lowest BCUT2D eigenvalue weighted by atomic mass is 10.0. The molecule has 4 aromatic rings. The summed E-state index contributed by atoms with van der Waals surface area (Å²) in [4.78, 5) is 15.1. The second-order valence-corrected chi connectivity index (χ2v) is 9.14. The number of fused-ring (bicyclic) bond motifs is 1. The maximum absolute atomic E-state index is 5.53. The Morgan fingerprint density at radius 3 is 2.41 bits per heavy atom. The van der Waals surface area contributed by atoms with Crippen LogP contribution in [0.2, 0.25) is 0 Å². The van der Waals surface area contributed by atoms with E-state index in [1.807, 2.05) is 42.9 Å². The van der Waals surface area contributed by atoms with Crippen LogP contribution in [-0.4, -0.2) is 33.7 Å². The number of ether oxygens (including phenoxy) is 2. The molecule has 0 saturated heterocycles. The van der Waals surface area contributed by atoms with Gasteiger partial charge < -0.3 is 19.4 Å². The van der Waals surface area contributed by atoms with Gasteiger partial charge in [-0.3, -0.25) is 0 Å². The van der Waals surface area contributed by atoms with E-state index in [2.05, 4.69) is 34.5 Å². The summed E-state index contributed by atoms with van der Waals surface area (Å²) in [6.07, 6.45) is 4.72. The lowest BCUT2D eigenvalue weighted by Crippen LogP contribution is -2.18. The normalized spacial score (nSPS) is 12.3. The third-order valence-corrected chi connectivity index (χ3v) is 6.28. The van der Waals surface area contributed by atoms with Gasteiger partial charge in [0, 0.05) is 25.5 Å². The van der Waals surface area contributed by atoms with E-state index in [0.717, 1.165) is 51.2 Å². The van der Waals surface area contributed by atoms with E-state index in [9.17, 15) is 0 Å². The van der Waals surface area contributed by atoms with Crippen molar-refractivity contribution in [1.29, 1.82) is 0 Å². The van der Waals surface area contributed by atoms with Crippen molar-refractivity contribution in [1.82, 2.24) is 19.5 Å². The first-order valence-electron chi connectivity index (χ1n) is 10.6. The maximum Gasteiger partial charge on any atom is 0.139 e. The molecule has 3 heterocycles. The summed E-state index contributed by atoms with van der Waals surface area (Å²) in [6.45, 7) is 6.38. The van der Waals surface area contributed by atoms with Gasteiger partial charge in [-0.15, -0.1) is 11.3 Å². The molecule has 1 aromatic carbocycles. The molecule has 3 aromatic heterocycles. The largest absolute Gasteiger partial charge is 0.497 e. The molecule has 168 valence electrons. The van der Waals surface area contributed by atoms with Crippen LogP contribution in [0.25, 0.3) is 10.2 Å². The second kappa shape index (κ2) is 9.16. The number of aryl methyl sites for hydroxylation is 2. The molecule has 8 heteroatoms. The highest BCUT2D eigenvalue weighted by Crippen LogP contribution is 2.36. The van der Waals surface area contributed by atoms with Crippen LogP contribution in [0.5, 0.6) is 11.5 Å². The average molecular weight is 452 g/mol. The Balaban J connectivity index is 1.87. The van der Waals surface area contributed by atoms with Crippen LogP contribution >= 0.6 is 11.3 Å². The van der Waals surface area contributed by atoms with E-state index in [-0.39, 0.29) is 6.04 Å². The Morgan fingerprint density at radius 2 is 1.81 bits per heavy atom. The molecule has 4 rings (SSSR count). The highest BCUT2D eigenvalue weighted by molar-refractivity contribution is 7.17. The highest BCUT2D eigenvalue weighted by atomic mass is 32.1. The van der Waals surface area contributed by atoms with E-state index >= 15 is 0 Å². The summed E-state index contributed by atoms with van der Waals surface area (Å²) in [5.74, 6) is 4.40. The van der Waals surface area contributed by atoms with E-state index in [4.69, 9.17) is 14.5 Å². The lowest BCUT2D eigenvalue weighted by molar-refractivity contribution is 0.393. The van der Waals surface area contributed by atoms with Crippen molar-refractivity contribution >= 4 is 27.4 Å². The van der Waals surface area contributed by atoms with E-state index in [0.29, 0.717) is 5.92 Å². The van der Waals surface area contributed by atoms with Crippen LogP contribution in [0.4, 0.5) is 5.82 Å². The summed E-state index contributed by atoms with van der Waals surface area (Å²) >= 11 is 1.67. The maximum atomic E-state index is 5.53. The molecule has 0 amide bonds. The van der Waals surface area contributed by atoms with Gasteiger partial charge in [0.1, 0.15) is 39.8 Å². The van der Waals surface area contributed by atoms with Gasteiger partial charge >= 0.3 is 0 Å². The average Bonchev–Trinajstić information content (AvgIpc) is 3.37. The Labute approximate surface area is 192 Å². The highest BCUT2D eigenvalue weighted by Gasteiger charge is 2.23. The molecular formula is C24H29N5O2S. The summed E-state index contributed by atoms with van der Waals surface area (Å²) in [7, 11) is 5.30. The van der Waals surface area contributed by atoms with Crippen molar-refractivity contribution in [3.05, 3.63) is 58.7 Å². The van der Waals surface area contributed by atoms with Gasteiger partial charge in [-0.25, -0.2) is 15.0 Å². The van der Waals surface area contributed by atoms with Crippen molar-refractivity contribution < 1.29 is 9.47 Å². The van der Waals surface area contributed by atoms with Gasteiger partial charge in [0.15, 0.2) is 0 Å². The van der Waals surface area contributed by atoms with Crippen LogP contribution in [0.3, 0.4) is 0 Å². The van der Waals surface area contributed by atoms with Crippen LogP contribution in [-0.2, 0) is 13.5 Å². The standard InChI is InChI=1S/C24H29N5O2S/c1-14(2)9-17-13-32-24-20(17)22(26-15(3)27-24)28-21(23-25-7-8-29(23)4)16-10-18(30-5)12-19(11-16)31-6/h7-8,10-14,21H,9H2,1-6H3,(H,26,27,28). The number of hydrogen-bond donors (Lipinski definition) is 1. The molecule has 1 unspecified atom stereocenters. The Hall–Kier alpha value is -3.13. The number of nitrogens with one attached hydrogen (secondary N) is 1. The summed E-state index contributed by atoms with van der Waals surface area (Å²) in [5.41, 5.74) is 2.24. The third-order valence-electron chi connectivity index (χ3n) is 5.35. The van der Waals surface area contributed by atoms with Crippen LogP contribution in [0.1, 0.15) is 42.7 Å². The zero-order valence-corrected chi connectivity index (χ0v) is 20.2. The van der Waals surface area contributed by atoms with Crippen molar-refractivity contribution in [2.45, 2.75) is 33.2 Å². The van der Waals surface area contributed by atoms with E-state index < -0.39 is 0 Å². The van der Waals surface area contributed by atoms with E-state index in [1.54, 1.807) is 31.8 Å². The number of aromatic nitrogens is 4. The molecular weight excluding hydrogens is 422 g/mol. The molecule has 0 aliphatic carbocycles. The topological polar surface area (TPSA) is 74.1 Å². The van der Waals surface area contributed by atoms with Gasteiger partial charge in [-0.05, 0) is 47.9 Å². The van der Waals surface area contributed by atoms with Crippen molar-refractivity contribution in [2.75, 3.05) is 19.5 Å². The lowest BCUT2D eigenvalue weighted by Gasteiger charge is -2.22. The Kier molecular flexibility index (Phi) is 6.32. The Bertz CT molecular complexity index is 1210. The third kappa shape index (κ3) is 4.41. The zero-order valence-electron chi connectivity index (χ0n) is 19.3. The number of thiophene rings is 1. The van der Waals surface area contributed by atoms with Gasteiger partial charge in [-0.1, -0.05) is 13.8 Å². The first-order chi connectivity index (χ1) is 15.4. The molecule has 1 atom stereocenters. The first kappa shape index (κ1) is 22.1. The summed E-state index contributed by atoms with van der Waals surface area (Å²) in [5, 5.41) is 6.98. The number of nitrogens with zero attached hydrogens (tertiary/aromatic N) is 4. The molecule has 0 spiro atoms. The minimum atomic E-state index is -0.261. The number of hydrogen-bond acceptors (Lipinski definition) is 7. The predicted octanol–water partition coefficient (Wildman–Crippen LogP) is 5.15. The minimum Gasteiger partial charge on any atom is -0.497 e. The van der Waals surface area contributed by atoms with Crippen molar-refractivity contribution in [3.63, 3.8) is 0 Å². The fourth-order valence-electron chi connectivity index (χ4n) is 3.89. The zero-order chi connectivity index (χ0) is 22.8. The fraction of sp³-hybridized carbons (Fsp3) is 0.375. The molecule has 0 bridgehead atoms. The smallest absolute Gasteiger partial charge is 0.139 e. The SMILES string of the molecule is COc1cc(OC)cc(C(Nc2nc(C)nc3scc(CC(C)C)c23)c2nccn2C)c1. The fourth-order valence-corrected chi connectivity index (χ4v) is 4.89. The number of benzene rings is 1. The minimum absolute atomic E-state index is 0.261. The van der Waals surface area contributed by atoms with Gasteiger partial charge in [-0.2, -0.15) is 0 Å². The van der Waals surface area contributed by atoms with Gasteiger partial charge in [0.2, 0.25) is 0 Å². The van der Waals surface area contributed by atoms with Crippen LogP contribution in [0.15, 0.2) is 36.0 Å². The number of imidazole rings is 1. The van der Waals surface area contributed by atoms with Gasteiger partial charge in [0.05, 0.1) is 19.6 Å². The summed E-state index contributed by atoms with van der Waals surface area (Å²) in [6, 6.07) is 5.61. The molecule has 0 aliphatic rings. The van der Waals surface area contributed by atoms with Crippen molar-refractivity contribution in [2.24, 2.45) is 13.0 Å². The molecule has 0 radical (unpaired) electrons. The molecule has 0 fully saturated rings. The molecule has 7 nitrogen and oxygen atoms in total. The first-order valence-corrected chi connectivity index (χ1v) is 11.5. The predicted molar refractivity (Wildman–Crippen MR) is 129 cm³/mol. The number of rotatable bonds is 8. The summed E-state index contributed by atoms with van der Waals surface area (Å²) < 4.78 is 13.1. The molecule has 0 saturated carbocycles. The van der Waals surface area contributed by atoms with Crippen molar-refractivity contribution in [3.8, 4) is 11.5 Å². The second-order valence-electron chi connectivity index (χ2n) is 8.28. The number of methoxy groups -OCH3 is 2. The van der Waals surface area contributed by atoms with Crippen LogP contribution < -0.4 is 14.8 Å². The van der Waals surface area contributed by atoms with Gasteiger partial charge in [0.25, 0.3) is 0 Å². The Morgan fingerprint density at radius 1 is 1.09 bits per heavy atom. The van der Waals surface area contributed by atoms with Crippen LogP contribution in [0, 0.1) is 12.8 Å². The molecule has 1 N–H and O–H groups in total. The van der Waals surface area contributed by atoms with E-state index in [1.165, 1.54) is 5.56 Å².